The Hall–Kier alpha value is -7.27. The zero-order valence-corrected chi connectivity index (χ0v) is 31.5. The van der Waals surface area contributed by atoms with Gasteiger partial charge in [-0.2, -0.15) is 5.26 Å². The number of benzene rings is 9. The second-order valence-electron chi connectivity index (χ2n) is 15.7. The maximum atomic E-state index is 9.71. The topological polar surface area (TPSA) is 23.8 Å². The third kappa shape index (κ3) is 4.50. The van der Waals surface area contributed by atoms with Crippen LogP contribution in [0.1, 0.15) is 23.1 Å². The third-order valence-corrected chi connectivity index (χ3v) is 12.8. The van der Waals surface area contributed by atoms with E-state index in [1.54, 1.807) is 0 Å². The van der Waals surface area contributed by atoms with Crippen LogP contribution in [0.25, 0.3) is 115 Å². The molecular formula is C56H35N. The minimum atomic E-state index is 0.684. The van der Waals surface area contributed by atoms with Gasteiger partial charge in [-0.15, -0.1) is 0 Å². The van der Waals surface area contributed by atoms with Crippen LogP contribution in [0.3, 0.4) is 0 Å². The fourth-order valence-electron chi connectivity index (χ4n) is 10.4. The van der Waals surface area contributed by atoms with E-state index in [4.69, 9.17) is 0 Å². The molecule has 0 unspecified atom stereocenters. The Morgan fingerprint density at radius 2 is 1.05 bits per heavy atom. The minimum Gasteiger partial charge on any atom is -0.192 e. The van der Waals surface area contributed by atoms with Gasteiger partial charge in [-0.25, -0.2) is 0 Å². The van der Waals surface area contributed by atoms with Crippen molar-refractivity contribution < 1.29 is 0 Å². The number of fused-ring (bicyclic) bond motifs is 8. The van der Waals surface area contributed by atoms with Crippen molar-refractivity contribution in [2.45, 2.75) is 19.8 Å². The number of aryl methyl sites for hydroxylation is 2. The van der Waals surface area contributed by atoms with Crippen molar-refractivity contribution in [2.75, 3.05) is 0 Å². The minimum absolute atomic E-state index is 0.684. The van der Waals surface area contributed by atoms with E-state index in [0.717, 1.165) is 24.0 Å². The third-order valence-electron chi connectivity index (χ3n) is 12.8. The number of nitriles is 1. The number of hydrogen-bond donors (Lipinski definition) is 0. The Kier molecular flexibility index (Phi) is 6.80. The Balaban J connectivity index is 1.27. The molecule has 0 saturated heterocycles. The average Bonchev–Trinajstić information content (AvgIpc) is 3.78. The summed E-state index contributed by atoms with van der Waals surface area (Å²) in [7, 11) is 0. The van der Waals surface area contributed by atoms with Gasteiger partial charge in [0.1, 0.15) is 0 Å². The summed E-state index contributed by atoms with van der Waals surface area (Å²) in [5.74, 6) is 0. The van der Waals surface area contributed by atoms with E-state index in [1.807, 2.05) is 12.1 Å². The maximum absolute atomic E-state index is 9.71. The molecule has 1 aliphatic carbocycles. The largest absolute Gasteiger partial charge is 0.192 e. The summed E-state index contributed by atoms with van der Waals surface area (Å²) in [5.41, 5.74) is 13.2. The fourth-order valence-corrected chi connectivity index (χ4v) is 10.4. The molecule has 11 aromatic carbocycles. The summed E-state index contributed by atoms with van der Waals surface area (Å²) < 4.78 is 0. The van der Waals surface area contributed by atoms with Crippen LogP contribution in [-0.4, -0.2) is 0 Å². The van der Waals surface area contributed by atoms with Crippen molar-refractivity contribution >= 4 is 70.7 Å². The predicted octanol–water partition coefficient (Wildman–Crippen LogP) is 14.3. The molecule has 0 bridgehead atoms. The van der Waals surface area contributed by atoms with Crippen molar-refractivity contribution in [1.82, 2.24) is 0 Å². The smallest absolute Gasteiger partial charge is 0.0991 e. The quantitative estimate of drug-likeness (QED) is 0.166. The highest BCUT2D eigenvalue weighted by Crippen LogP contribution is 2.52. The molecule has 0 atom stereocenters. The molecule has 57 heavy (non-hydrogen) atoms. The lowest BCUT2D eigenvalue weighted by molar-refractivity contribution is 1.04. The first-order chi connectivity index (χ1) is 28.2. The van der Waals surface area contributed by atoms with Crippen molar-refractivity contribution in [3.63, 3.8) is 0 Å². The van der Waals surface area contributed by atoms with E-state index in [2.05, 4.69) is 171 Å². The molecule has 12 rings (SSSR count). The van der Waals surface area contributed by atoms with Crippen molar-refractivity contribution in [2.24, 2.45) is 0 Å². The van der Waals surface area contributed by atoms with Gasteiger partial charge in [-0.1, -0.05) is 146 Å². The summed E-state index contributed by atoms with van der Waals surface area (Å²) in [4.78, 5) is 0. The lowest BCUT2D eigenvalue weighted by atomic mass is 9.84. The molecule has 0 N–H and O–H groups in total. The summed E-state index contributed by atoms with van der Waals surface area (Å²) in [6.45, 7) is 2.13. The monoisotopic (exact) mass is 721 g/mol. The van der Waals surface area contributed by atoms with E-state index >= 15 is 0 Å². The molecule has 0 radical (unpaired) electrons. The highest BCUT2D eigenvalue weighted by molar-refractivity contribution is 6.41. The standard InChI is InChI=1S/C56H35N/c1-33-25-26-34(32-57)29-47(33)38-18-10-17-37(30-38)39-27-28-46-52-42(39)21-11-24-45(52)55-50(35-13-4-2-5-14-35)49-31-48-41-20-9-8-19-40(41)43-22-12-23-44(53(43)48)54(49)51(56(46)55)36-15-6-3-7-16-36/h2-10,12-20,22-31H,11,21H2,1H3. The van der Waals surface area contributed by atoms with Gasteiger partial charge in [-0.05, 0) is 170 Å². The first kappa shape index (κ1) is 32.0. The molecule has 0 aliphatic heterocycles. The van der Waals surface area contributed by atoms with Gasteiger partial charge < -0.3 is 0 Å². The lowest BCUT2D eigenvalue weighted by Gasteiger charge is -2.19. The molecule has 264 valence electrons. The highest BCUT2D eigenvalue weighted by atomic mass is 14.3. The first-order valence-corrected chi connectivity index (χ1v) is 20.0. The van der Waals surface area contributed by atoms with Crippen LogP contribution < -0.4 is 5.22 Å². The normalized spacial score (nSPS) is 12.6. The molecule has 1 nitrogen and oxygen atoms in total. The Labute approximate surface area is 330 Å². The van der Waals surface area contributed by atoms with Gasteiger partial charge in [0.05, 0.1) is 11.6 Å². The molecule has 0 heterocycles. The average molecular weight is 722 g/mol. The number of rotatable bonds is 4. The van der Waals surface area contributed by atoms with Crippen LogP contribution in [0.5, 0.6) is 0 Å². The summed E-state index contributed by atoms with van der Waals surface area (Å²) in [6.07, 6.45) is 4.49. The summed E-state index contributed by atoms with van der Waals surface area (Å²) in [6, 6.07) is 62.7. The van der Waals surface area contributed by atoms with Crippen LogP contribution >= 0.6 is 0 Å². The predicted molar refractivity (Wildman–Crippen MR) is 242 cm³/mol. The maximum Gasteiger partial charge on any atom is 0.0991 e. The first-order valence-electron chi connectivity index (χ1n) is 20.0. The molecule has 11 aromatic rings. The lowest BCUT2D eigenvalue weighted by Crippen LogP contribution is -2.08. The Bertz CT molecular complexity index is 3570. The molecule has 0 fully saturated rings. The molecule has 0 spiro atoms. The van der Waals surface area contributed by atoms with Crippen LogP contribution in [0.4, 0.5) is 0 Å². The van der Waals surface area contributed by atoms with E-state index < -0.39 is 0 Å². The zero-order chi connectivity index (χ0) is 37.8. The Morgan fingerprint density at radius 1 is 0.421 bits per heavy atom. The second kappa shape index (κ2) is 12.1. The second-order valence-corrected chi connectivity index (χ2v) is 15.7. The van der Waals surface area contributed by atoms with E-state index in [9.17, 15) is 5.26 Å². The van der Waals surface area contributed by atoms with Crippen molar-refractivity contribution in [3.8, 4) is 50.6 Å². The van der Waals surface area contributed by atoms with E-state index in [-0.39, 0.29) is 0 Å². The fraction of sp³-hybridized carbons (Fsp3) is 0.0536. The van der Waals surface area contributed by atoms with Crippen molar-refractivity contribution in [3.05, 3.63) is 186 Å². The summed E-state index contributed by atoms with van der Waals surface area (Å²) >= 11 is 0. The van der Waals surface area contributed by atoms with Gasteiger partial charge in [0.25, 0.3) is 0 Å². The van der Waals surface area contributed by atoms with Gasteiger partial charge >= 0.3 is 0 Å². The van der Waals surface area contributed by atoms with Gasteiger partial charge in [0.15, 0.2) is 0 Å². The van der Waals surface area contributed by atoms with Gasteiger partial charge in [0.2, 0.25) is 0 Å². The SMILES string of the molecule is Cc1ccc(C#N)cc1-c1cccc(-c2ccc3c4c2CCC=c4c2c(-c4ccccc4)c4cc5c6ccccc6c6cccc(c4c(-c4ccccc4)c23)c65)c1. The number of hydrogen-bond acceptors (Lipinski definition) is 1. The molecular weight excluding hydrogens is 687 g/mol. The molecule has 0 saturated carbocycles. The van der Waals surface area contributed by atoms with E-state index in [1.165, 1.54) is 114 Å². The molecule has 0 amide bonds. The van der Waals surface area contributed by atoms with E-state index in [0.29, 0.717) is 5.56 Å². The van der Waals surface area contributed by atoms with Crippen LogP contribution in [0, 0.1) is 18.3 Å². The summed E-state index contributed by atoms with van der Waals surface area (Å²) in [5, 5.41) is 27.1. The molecule has 0 aromatic heterocycles. The zero-order valence-electron chi connectivity index (χ0n) is 31.5. The van der Waals surface area contributed by atoms with Crippen molar-refractivity contribution in [1.29, 1.82) is 5.26 Å². The Morgan fingerprint density at radius 3 is 1.82 bits per heavy atom. The van der Waals surface area contributed by atoms with Crippen LogP contribution in [0.2, 0.25) is 0 Å². The molecule has 1 aliphatic rings. The van der Waals surface area contributed by atoms with Gasteiger partial charge in [-0.3, -0.25) is 0 Å². The van der Waals surface area contributed by atoms with Gasteiger partial charge in [0, 0.05) is 0 Å². The van der Waals surface area contributed by atoms with Crippen LogP contribution in [-0.2, 0) is 6.42 Å². The number of nitrogens with zero attached hydrogens (tertiary/aromatic N) is 1. The highest BCUT2D eigenvalue weighted by Gasteiger charge is 2.27. The van der Waals surface area contributed by atoms with Crippen LogP contribution in [0.15, 0.2) is 164 Å². The molecule has 1 heteroatoms.